The van der Waals surface area contributed by atoms with Gasteiger partial charge < -0.3 is 0 Å². The van der Waals surface area contributed by atoms with Crippen LogP contribution in [0.2, 0.25) is 0 Å². The summed E-state index contributed by atoms with van der Waals surface area (Å²) < 4.78 is 0. The lowest BCUT2D eigenvalue weighted by atomic mass is 10.1. The largest absolute Gasteiger partial charge is 0.285 e. The molecule has 1 aromatic rings. The van der Waals surface area contributed by atoms with Crippen molar-refractivity contribution in [2.45, 2.75) is 6.92 Å². The molecule has 0 spiro atoms. The molecule has 0 unspecified atom stereocenters. The summed E-state index contributed by atoms with van der Waals surface area (Å²) in [5, 5.41) is 18.5. The normalized spacial score (nSPS) is 8.71. The summed E-state index contributed by atoms with van der Waals surface area (Å²) in [6.07, 6.45) is 1.93. The van der Waals surface area contributed by atoms with E-state index in [4.69, 9.17) is 5.26 Å². The van der Waals surface area contributed by atoms with Gasteiger partial charge >= 0.3 is 0 Å². The van der Waals surface area contributed by atoms with Crippen LogP contribution < -0.4 is 0 Å². The molecule has 0 saturated heterocycles. The minimum atomic E-state index is -0.486. The number of nitrogens with zero attached hydrogens (tertiary/aromatic N) is 1. The predicted molar refractivity (Wildman–Crippen MR) is 48.4 cm³/mol. The maximum Gasteiger partial charge on any atom is 0.273 e. The van der Waals surface area contributed by atoms with Crippen LogP contribution in [0.4, 0.5) is 5.69 Å². The van der Waals surface area contributed by atoms with Crippen molar-refractivity contribution in [2.24, 2.45) is 0 Å². The highest BCUT2D eigenvalue weighted by Crippen LogP contribution is 2.18. The molecule has 0 saturated carbocycles. The maximum absolute atomic E-state index is 10.5. The van der Waals surface area contributed by atoms with Crippen LogP contribution in [0.5, 0.6) is 0 Å². The van der Waals surface area contributed by atoms with Crippen LogP contribution in [0.25, 0.3) is 0 Å². The Labute approximate surface area is 80.0 Å². The van der Waals surface area contributed by atoms with E-state index in [2.05, 4.69) is 10.8 Å². The molecule has 14 heavy (non-hydrogen) atoms. The fraction of sp³-hybridized carbons (Fsp3) is 0.111. The van der Waals surface area contributed by atoms with Gasteiger partial charge in [0.05, 0.1) is 4.92 Å². The number of hydrogen-bond donors (Lipinski definition) is 1. The van der Waals surface area contributed by atoms with Crippen molar-refractivity contribution < 1.29 is 15.1 Å². The van der Waals surface area contributed by atoms with Gasteiger partial charge in [-0.1, -0.05) is 6.07 Å². The Morgan fingerprint density at radius 3 is 2.86 bits per heavy atom. The summed E-state index contributed by atoms with van der Waals surface area (Å²) in [5.74, 6) is 2.39. The number of nitro groups is 1. The van der Waals surface area contributed by atoms with Gasteiger partial charge in [0.15, 0.2) is 6.11 Å². The first kappa shape index (κ1) is 10.0. The van der Waals surface area contributed by atoms with E-state index in [0.717, 1.165) is 0 Å². The highest BCUT2D eigenvalue weighted by molar-refractivity contribution is 5.47. The molecule has 0 bridgehead atoms. The number of aryl methyl sites for hydroxylation is 1. The maximum atomic E-state index is 10.5. The number of rotatable bonds is 1. The molecule has 72 valence electrons. The molecule has 1 N–H and O–H groups in total. The van der Waals surface area contributed by atoms with Crippen molar-refractivity contribution in [2.75, 3.05) is 0 Å². The van der Waals surface area contributed by atoms with Crippen LogP contribution in [0, 0.1) is 29.1 Å². The predicted octanol–water partition coefficient (Wildman–Crippen LogP) is 1.70. The lowest BCUT2D eigenvalue weighted by Gasteiger charge is -1.96. The van der Waals surface area contributed by atoms with Crippen molar-refractivity contribution in [3.8, 4) is 12.0 Å². The molecule has 0 aliphatic rings. The molecule has 0 heterocycles. The van der Waals surface area contributed by atoms with Crippen LogP contribution >= 0.6 is 0 Å². The molecule has 0 aliphatic heterocycles. The molecule has 1 rings (SSSR count). The third-order valence-corrected chi connectivity index (χ3v) is 1.65. The monoisotopic (exact) mass is 193 g/mol. The molecular formula is C9H7NO4. The van der Waals surface area contributed by atoms with Gasteiger partial charge in [-0.3, -0.25) is 15.0 Å². The summed E-state index contributed by atoms with van der Waals surface area (Å²) in [6, 6.07) is 4.51. The molecule has 0 aliphatic carbocycles. The standard InChI is InChI=1S/C9H7NO4/c1-7-2-3-8(4-5-14-13)6-9(7)10(11)12/h2-3,6,13H,1H3. The fourth-order valence-corrected chi connectivity index (χ4v) is 0.966. The molecular weight excluding hydrogens is 186 g/mol. The molecule has 0 radical (unpaired) electrons. The zero-order valence-electron chi connectivity index (χ0n) is 7.35. The second-order valence-electron chi connectivity index (χ2n) is 2.58. The Kier molecular flexibility index (Phi) is 3.05. The van der Waals surface area contributed by atoms with E-state index in [9.17, 15) is 10.1 Å². The van der Waals surface area contributed by atoms with E-state index in [1.165, 1.54) is 6.07 Å². The minimum Gasteiger partial charge on any atom is -0.285 e. The SMILES string of the molecule is Cc1ccc(C#COO)cc1[N+](=O)[O-]. The van der Waals surface area contributed by atoms with E-state index in [1.54, 1.807) is 19.1 Å². The van der Waals surface area contributed by atoms with Gasteiger partial charge in [-0.05, 0) is 18.9 Å². The number of nitro benzene ring substituents is 1. The van der Waals surface area contributed by atoms with Crippen molar-refractivity contribution in [1.29, 1.82) is 0 Å². The van der Waals surface area contributed by atoms with Gasteiger partial charge in [-0.15, -0.1) is 0 Å². The van der Waals surface area contributed by atoms with Gasteiger partial charge in [0.1, 0.15) is 0 Å². The fourth-order valence-electron chi connectivity index (χ4n) is 0.966. The summed E-state index contributed by atoms with van der Waals surface area (Å²) in [6.45, 7) is 1.64. The quantitative estimate of drug-likeness (QED) is 0.319. The lowest BCUT2D eigenvalue weighted by molar-refractivity contribution is -0.385. The first-order valence-corrected chi connectivity index (χ1v) is 3.71. The molecule has 0 amide bonds. The van der Waals surface area contributed by atoms with Crippen LogP contribution in [-0.2, 0) is 4.89 Å². The first-order chi connectivity index (χ1) is 6.65. The van der Waals surface area contributed by atoms with Crippen LogP contribution in [0.3, 0.4) is 0 Å². The van der Waals surface area contributed by atoms with Crippen molar-refractivity contribution in [3.63, 3.8) is 0 Å². The van der Waals surface area contributed by atoms with Crippen LogP contribution in [-0.4, -0.2) is 10.2 Å². The van der Waals surface area contributed by atoms with Gasteiger partial charge in [-0.2, -0.15) is 5.26 Å². The van der Waals surface area contributed by atoms with E-state index in [-0.39, 0.29) is 5.69 Å². The molecule has 1 aromatic carbocycles. The zero-order chi connectivity index (χ0) is 10.6. The zero-order valence-corrected chi connectivity index (χ0v) is 7.35. The van der Waals surface area contributed by atoms with Gasteiger partial charge in [0, 0.05) is 17.2 Å². The first-order valence-electron chi connectivity index (χ1n) is 3.71. The summed E-state index contributed by atoms with van der Waals surface area (Å²) in [7, 11) is 0. The topological polar surface area (TPSA) is 72.6 Å². The Balaban J connectivity index is 3.13. The third-order valence-electron chi connectivity index (χ3n) is 1.65. The average molecular weight is 193 g/mol. The van der Waals surface area contributed by atoms with Crippen molar-refractivity contribution in [1.82, 2.24) is 0 Å². The lowest BCUT2D eigenvalue weighted by Crippen LogP contribution is -1.92. The Morgan fingerprint density at radius 1 is 1.57 bits per heavy atom. The van der Waals surface area contributed by atoms with Gasteiger partial charge in [-0.25, -0.2) is 0 Å². The summed E-state index contributed by atoms with van der Waals surface area (Å²) in [4.78, 5) is 13.6. The number of benzene rings is 1. The minimum absolute atomic E-state index is 0.00487. The van der Waals surface area contributed by atoms with Gasteiger partial charge in [0.25, 0.3) is 5.69 Å². The second-order valence-corrected chi connectivity index (χ2v) is 2.58. The van der Waals surface area contributed by atoms with Crippen molar-refractivity contribution >= 4 is 5.69 Å². The average Bonchev–Trinajstić information content (AvgIpc) is 2.16. The Morgan fingerprint density at radius 2 is 2.29 bits per heavy atom. The Bertz CT molecular complexity index is 417. The van der Waals surface area contributed by atoms with E-state index in [1.807, 2.05) is 6.11 Å². The highest BCUT2D eigenvalue weighted by Gasteiger charge is 2.09. The third kappa shape index (κ3) is 2.21. The van der Waals surface area contributed by atoms with Gasteiger partial charge in [0.2, 0.25) is 0 Å². The van der Waals surface area contributed by atoms with E-state index >= 15 is 0 Å². The van der Waals surface area contributed by atoms with Crippen molar-refractivity contribution in [3.05, 3.63) is 39.4 Å². The summed E-state index contributed by atoms with van der Waals surface area (Å²) >= 11 is 0. The van der Waals surface area contributed by atoms with E-state index < -0.39 is 4.92 Å². The van der Waals surface area contributed by atoms with E-state index in [0.29, 0.717) is 11.1 Å². The molecule has 5 nitrogen and oxygen atoms in total. The number of hydrogen-bond acceptors (Lipinski definition) is 4. The second kappa shape index (κ2) is 4.25. The van der Waals surface area contributed by atoms with Crippen LogP contribution in [0.1, 0.15) is 11.1 Å². The highest BCUT2D eigenvalue weighted by atomic mass is 17.1. The molecule has 0 atom stereocenters. The molecule has 0 aromatic heterocycles. The Hall–Kier alpha value is -2.06. The molecule has 5 heteroatoms. The van der Waals surface area contributed by atoms with Crippen LogP contribution in [0.15, 0.2) is 18.2 Å². The smallest absolute Gasteiger partial charge is 0.273 e. The molecule has 0 fully saturated rings. The summed E-state index contributed by atoms with van der Waals surface area (Å²) in [5.41, 5.74) is 0.969.